The normalized spacial score (nSPS) is 11.9. The zero-order chi connectivity index (χ0) is 20.9. The molecule has 0 bridgehead atoms. The molecule has 4 rings (SSSR count). The highest BCUT2D eigenvalue weighted by Crippen LogP contribution is 2.42. The lowest BCUT2D eigenvalue weighted by molar-refractivity contribution is 0.0151. The van der Waals surface area contributed by atoms with Crippen LogP contribution in [0.1, 0.15) is 22.8 Å². The molecule has 2 heterocycles. The number of methoxy groups -OCH3 is 1. The van der Waals surface area contributed by atoms with E-state index in [4.69, 9.17) is 10.5 Å². The molecular formula is C19H17F2N5O2S. The number of aromatic nitrogens is 3. The quantitative estimate of drug-likeness (QED) is 0.509. The summed E-state index contributed by atoms with van der Waals surface area (Å²) in [5.74, 6) is -4.13. The molecular weight excluding hydrogens is 400 g/mol. The van der Waals surface area contributed by atoms with Crippen LogP contribution < -0.4 is 15.8 Å². The van der Waals surface area contributed by atoms with Gasteiger partial charge in [0, 0.05) is 19.5 Å². The number of thiazole rings is 1. The Kier molecular flexibility index (Phi) is 4.38. The number of amides is 1. The number of nitrogens with one attached hydrogen (secondary N) is 1. The molecule has 2 aromatic carbocycles. The first-order valence-electron chi connectivity index (χ1n) is 8.56. The van der Waals surface area contributed by atoms with Crippen molar-refractivity contribution in [2.24, 2.45) is 12.8 Å². The lowest BCUT2D eigenvalue weighted by atomic mass is 10.0. The maximum absolute atomic E-state index is 14.1. The number of benzene rings is 2. The Morgan fingerprint density at radius 2 is 2.07 bits per heavy atom. The van der Waals surface area contributed by atoms with Gasteiger partial charge in [-0.15, -0.1) is 0 Å². The number of nitrogens with zero attached hydrogens (tertiary/aromatic N) is 3. The van der Waals surface area contributed by atoms with Crippen LogP contribution in [0.4, 0.5) is 19.6 Å². The maximum Gasteiger partial charge on any atom is 0.274 e. The van der Waals surface area contributed by atoms with Gasteiger partial charge in [-0.25, -0.2) is 18.7 Å². The Morgan fingerprint density at radius 1 is 1.31 bits per heavy atom. The topological polar surface area (TPSA) is 95.1 Å². The SMILES string of the molecule is COc1c(Nc2nc3c(ccc4c3ncn4C)s2)cc(C(N)=O)cc1C(C)(F)F. The van der Waals surface area contributed by atoms with E-state index in [9.17, 15) is 13.6 Å². The van der Waals surface area contributed by atoms with Crippen molar-refractivity contribution in [2.45, 2.75) is 12.8 Å². The molecule has 0 saturated heterocycles. The summed E-state index contributed by atoms with van der Waals surface area (Å²) in [7, 11) is 3.18. The number of carbonyl (C=O) groups excluding carboxylic acids is 1. The molecule has 0 aliphatic rings. The van der Waals surface area contributed by atoms with Crippen LogP contribution in [0.5, 0.6) is 5.75 Å². The third-order valence-corrected chi connectivity index (χ3v) is 5.48. The summed E-state index contributed by atoms with van der Waals surface area (Å²) in [4.78, 5) is 20.6. The molecule has 0 fully saturated rings. The molecule has 4 aromatic rings. The van der Waals surface area contributed by atoms with Gasteiger partial charge in [0.05, 0.1) is 34.9 Å². The summed E-state index contributed by atoms with van der Waals surface area (Å²) in [6.45, 7) is 0.731. The molecule has 0 aliphatic carbocycles. The Morgan fingerprint density at radius 3 is 2.72 bits per heavy atom. The second-order valence-electron chi connectivity index (χ2n) is 6.64. The standard InChI is InChI=1S/C19H17F2N5O2S/c1-19(20,21)10-6-9(17(22)27)7-11(16(10)28-3)24-18-25-15-13(29-18)5-4-12-14(15)23-8-26(12)2/h4-8H,1-3H3,(H2,22,27)(H,24,25). The molecule has 0 spiro atoms. The monoisotopic (exact) mass is 417 g/mol. The predicted molar refractivity (Wildman–Crippen MR) is 108 cm³/mol. The predicted octanol–water partition coefficient (Wildman–Crippen LogP) is 4.15. The number of fused-ring (bicyclic) bond motifs is 3. The van der Waals surface area contributed by atoms with E-state index in [0.29, 0.717) is 10.6 Å². The van der Waals surface area contributed by atoms with Gasteiger partial charge in [0.25, 0.3) is 5.92 Å². The molecule has 29 heavy (non-hydrogen) atoms. The molecule has 0 atom stereocenters. The zero-order valence-corrected chi connectivity index (χ0v) is 16.6. The molecule has 3 N–H and O–H groups in total. The highest BCUT2D eigenvalue weighted by molar-refractivity contribution is 7.22. The Balaban J connectivity index is 1.86. The number of alkyl halides is 2. The Hall–Kier alpha value is -3.27. The number of primary amides is 1. The molecule has 150 valence electrons. The molecule has 1 amide bonds. The minimum Gasteiger partial charge on any atom is -0.494 e. The van der Waals surface area contributed by atoms with Crippen LogP contribution in [0.3, 0.4) is 0 Å². The minimum atomic E-state index is -3.24. The van der Waals surface area contributed by atoms with Crippen LogP contribution >= 0.6 is 11.3 Å². The molecule has 0 unspecified atom stereocenters. The first kappa shape index (κ1) is 19.1. The largest absolute Gasteiger partial charge is 0.494 e. The number of hydrogen-bond acceptors (Lipinski definition) is 6. The Labute approximate surface area is 168 Å². The summed E-state index contributed by atoms with van der Waals surface area (Å²) in [6.07, 6.45) is 1.70. The van der Waals surface area contributed by atoms with Crippen molar-refractivity contribution < 1.29 is 18.3 Å². The summed E-state index contributed by atoms with van der Waals surface area (Å²) in [5.41, 5.74) is 7.38. The molecule has 0 saturated carbocycles. The average molecular weight is 417 g/mol. The van der Waals surface area contributed by atoms with Crippen molar-refractivity contribution in [3.63, 3.8) is 0 Å². The van der Waals surface area contributed by atoms with Gasteiger partial charge in [-0.2, -0.15) is 0 Å². The molecule has 10 heteroatoms. The number of imidazole rings is 1. The van der Waals surface area contributed by atoms with E-state index in [0.717, 1.165) is 28.7 Å². The second kappa shape index (κ2) is 6.66. The van der Waals surface area contributed by atoms with Gasteiger partial charge in [-0.3, -0.25) is 4.79 Å². The van der Waals surface area contributed by atoms with Crippen molar-refractivity contribution >= 4 is 49.3 Å². The third kappa shape index (κ3) is 3.25. The summed E-state index contributed by atoms with van der Waals surface area (Å²) in [6, 6.07) is 6.28. The number of hydrogen-bond donors (Lipinski definition) is 2. The number of aryl methyl sites for hydroxylation is 1. The highest BCUT2D eigenvalue weighted by Gasteiger charge is 2.31. The first-order chi connectivity index (χ1) is 13.7. The smallest absolute Gasteiger partial charge is 0.274 e. The van der Waals surface area contributed by atoms with Crippen LogP contribution in [0, 0.1) is 0 Å². The fraction of sp³-hybridized carbons (Fsp3) is 0.211. The van der Waals surface area contributed by atoms with Crippen molar-refractivity contribution in [2.75, 3.05) is 12.4 Å². The van der Waals surface area contributed by atoms with E-state index in [1.807, 2.05) is 23.7 Å². The lowest BCUT2D eigenvalue weighted by Crippen LogP contribution is -2.16. The van der Waals surface area contributed by atoms with Crippen LogP contribution in [0.2, 0.25) is 0 Å². The first-order valence-corrected chi connectivity index (χ1v) is 9.38. The van der Waals surface area contributed by atoms with Crippen LogP contribution in [0.25, 0.3) is 21.3 Å². The summed E-state index contributed by atoms with van der Waals surface area (Å²) < 4.78 is 36.2. The fourth-order valence-electron chi connectivity index (χ4n) is 3.17. The number of anilines is 2. The van der Waals surface area contributed by atoms with Gasteiger partial charge in [-0.1, -0.05) is 11.3 Å². The number of nitrogens with two attached hydrogens (primary N) is 1. The van der Waals surface area contributed by atoms with Crippen LogP contribution in [0.15, 0.2) is 30.6 Å². The van der Waals surface area contributed by atoms with E-state index in [2.05, 4.69) is 15.3 Å². The van der Waals surface area contributed by atoms with Crippen LogP contribution in [-0.2, 0) is 13.0 Å². The number of rotatable bonds is 5. The summed E-state index contributed by atoms with van der Waals surface area (Å²) >= 11 is 1.33. The highest BCUT2D eigenvalue weighted by atomic mass is 32.1. The lowest BCUT2D eigenvalue weighted by Gasteiger charge is -2.19. The van der Waals surface area contributed by atoms with Crippen molar-refractivity contribution in [1.29, 1.82) is 0 Å². The van der Waals surface area contributed by atoms with Crippen molar-refractivity contribution in [3.8, 4) is 5.75 Å². The van der Waals surface area contributed by atoms with E-state index >= 15 is 0 Å². The van der Waals surface area contributed by atoms with Gasteiger partial charge < -0.3 is 20.4 Å². The molecule has 0 radical (unpaired) electrons. The number of carbonyl (C=O) groups is 1. The van der Waals surface area contributed by atoms with Gasteiger partial charge >= 0.3 is 0 Å². The molecule has 0 aliphatic heterocycles. The maximum atomic E-state index is 14.1. The van der Waals surface area contributed by atoms with Crippen molar-refractivity contribution in [1.82, 2.24) is 14.5 Å². The van der Waals surface area contributed by atoms with Gasteiger partial charge in [0.1, 0.15) is 11.0 Å². The van der Waals surface area contributed by atoms with Gasteiger partial charge in [0.15, 0.2) is 10.9 Å². The number of ether oxygens (including phenoxy) is 1. The Bertz CT molecular complexity index is 1260. The molecule has 7 nitrogen and oxygen atoms in total. The van der Waals surface area contributed by atoms with E-state index in [1.54, 1.807) is 6.33 Å². The van der Waals surface area contributed by atoms with Gasteiger partial charge in [-0.05, 0) is 24.3 Å². The van der Waals surface area contributed by atoms with E-state index in [1.165, 1.54) is 24.5 Å². The second-order valence-corrected chi connectivity index (χ2v) is 7.67. The summed E-state index contributed by atoms with van der Waals surface area (Å²) in [5, 5.41) is 3.45. The van der Waals surface area contributed by atoms with Crippen molar-refractivity contribution in [3.05, 3.63) is 41.7 Å². The van der Waals surface area contributed by atoms with Gasteiger partial charge in [0.2, 0.25) is 5.91 Å². The fourth-order valence-corrected chi connectivity index (χ4v) is 4.05. The third-order valence-electron chi connectivity index (χ3n) is 4.55. The van der Waals surface area contributed by atoms with Crippen LogP contribution in [-0.4, -0.2) is 27.6 Å². The average Bonchev–Trinajstić information content (AvgIpc) is 3.23. The minimum absolute atomic E-state index is 0.0574. The van der Waals surface area contributed by atoms with E-state index in [-0.39, 0.29) is 17.0 Å². The number of halogens is 2. The zero-order valence-electron chi connectivity index (χ0n) is 15.8. The van der Waals surface area contributed by atoms with E-state index < -0.39 is 17.4 Å². The molecule has 2 aromatic heterocycles.